The smallest absolute Gasteiger partial charge is 0.218 e. The van der Waals surface area contributed by atoms with E-state index in [-0.39, 0.29) is 0 Å². The molecule has 4 rings (SSSR count). The second-order valence-corrected chi connectivity index (χ2v) is 7.14. The van der Waals surface area contributed by atoms with E-state index < -0.39 is 0 Å². The number of likely N-dealkylation sites (tertiary alicyclic amines) is 1. The van der Waals surface area contributed by atoms with Gasteiger partial charge in [0.1, 0.15) is 23.8 Å². The van der Waals surface area contributed by atoms with Crippen molar-refractivity contribution in [2.24, 2.45) is 0 Å². The number of methoxy groups -OCH3 is 1. The molecule has 0 radical (unpaired) electrons. The van der Waals surface area contributed by atoms with Gasteiger partial charge in [0.15, 0.2) is 0 Å². The van der Waals surface area contributed by atoms with Crippen LogP contribution in [0.25, 0.3) is 0 Å². The Morgan fingerprint density at radius 2 is 2.00 bits per heavy atom. The molecule has 26 heavy (non-hydrogen) atoms. The maximum atomic E-state index is 5.16. The molecule has 0 aliphatic carbocycles. The summed E-state index contributed by atoms with van der Waals surface area (Å²) < 4.78 is 7.51. The van der Waals surface area contributed by atoms with Gasteiger partial charge in [-0.05, 0) is 25.7 Å². The fraction of sp³-hybridized carbons (Fsp3) is 0.667. The van der Waals surface area contributed by atoms with E-state index in [9.17, 15) is 0 Å². The molecule has 0 saturated carbocycles. The summed E-state index contributed by atoms with van der Waals surface area (Å²) in [5.74, 6) is 3.73. The highest BCUT2D eigenvalue weighted by Gasteiger charge is 2.22. The van der Waals surface area contributed by atoms with Crippen LogP contribution in [0.4, 0.5) is 5.82 Å². The molecule has 0 amide bonds. The quantitative estimate of drug-likeness (QED) is 0.875. The van der Waals surface area contributed by atoms with E-state index in [4.69, 9.17) is 4.74 Å². The zero-order valence-corrected chi connectivity index (χ0v) is 15.4. The van der Waals surface area contributed by atoms with Gasteiger partial charge in [-0.3, -0.25) is 4.90 Å². The average molecular weight is 357 g/mol. The number of ether oxygens (including phenoxy) is 1. The highest BCUT2D eigenvalue weighted by molar-refractivity contribution is 5.38. The number of rotatable bonds is 5. The summed E-state index contributed by atoms with van der Waals surface area (Å²) in [5, 5.41) is 12.4. The largest absolute Gasteiger partial charge is 0.481 e. The van der Waals surface area contributed by atoms with Crippen molar-refractivity contribution >= 4 is 5.82 Å². The van der Waals surface area contributed by atoms with Crippen LogP contribution in [0.15, 0.2) is 12.4 Å². The number of nitrogens with one attached hydrogen (secondary N) is 1. The van der Waals surface area contributed by atoms with Crippen LogP contribution < -0.4 is 10.1 Å². The lowest BCUT2D eigenvalue weighted by molar-refractivity contribution is 0.203. The van der Waals surface area contributed by atoms with Crippen molar-refractivity contribution in [3.05, 3.63) is 24.0 Å². The lowest BCUT2D eigenvalue weighted by atomic mass is 10.1. The Kier molecular flexibility index (Phi) is 5.29. The van der Waals surface area contributed by atoms with Gasteiger partial charge in [-0.25, -0.2) is 9.97 Å². The summed E-state index contributed by atoms with van der Waals surface area (Å²) in [6.45, 7) is 4.09. The van der Waals surface area contributed by atoms with Crippen LogP contribution in [0.3, 0.4) is 0 Å². The van der Waals surface area contributed by atoms with Gasteiger partial charge in [0, 0.05) is 38.2 Å². The van der Waals surface area contributed by atoms with E-state index in [2.05, 4.69) is 34.9 Å². The van der Waals surface area contributed by atoms with Crippen molar-refractivity contribution in [1.29, 1.82) is 0 Å². The average Bonchev–Trinajstić information content (AvgIpc) is 2.90. The minimum Gasteiger partial charge on any atom is -0.481 e. The predicted molar refractivity (Wildman–Crippen MR) is 98.1 cm³/mol. The SMILES string of the molecule is COc1cc(NC2CCN(Cc3nnc4n3CCCCC4)CC2)ncn1. The Morgan fingerprint density at radius 3 is 2.85 bits per heavy atom. The Hall–Kier alpha value is -2.22. The van der Waals surface area contributed by atoms with E-state index in [1.54, 1.807) is 7.11 Å². The van der Waals surface area contributed by atoms with E-state index in [1.807, 2.05) is 6.07 Å². The molecule has 140 valence electrons. The van der Waals surface area contributed by atoms with E-state index >= 15 is 0 Å². The van der Waals surface area contributed by atoms with Crippen LogP contribution in [0.1, 0.15) is 43.8 Å². The van der Waals surface area contributed by atoms with Crippen LogP contribution in [0.2, 0.25) is 0 Å². The molecule has 8 heteroatoms. The van der Waals surface area contributed by atoms with Crippen LogP contribution in [0.5, 0.6) is 5.88 Å². The Morgan fingerprint density at radius 1 is 1.12 bits per heavy atom. The Labute approximate surface area is 154 Å². The molecule has 2 aliphatic heterocycles. The first kappa shape index (κ1) is 17.2. The first-order chi connectivity index (χ1) is 12.8. The van der Waals surface area contributed by atoms with Crippen LogP contribution in [0, 0.1) is 0 Å². The van der Waals surface area contributed by atoms with E-state index in [0.29, 0.717) is 11.9 Å². The number of nitrogens with zero attached hydrogens (tertiary/aromatic N) is 6. The van der Waals surface area contributed by atoms with Crippen molar-refractivity contribution < 1.29 is 4.74 Å². The van der Waals surface area contributed by atoms with Crippen LogP contribution in [-0.4, -0.2) is 55.9 Å². The lowest BCUT2D eigenvalue weighted by Gasteiger charge is -2.32. The molecule has 1 saturated heterocycles. The minimum atomic E-state index is 0.432. The summed E-state index contributed by atoms with van der Waals surface area (Å²) >= 11 is 0. The summed E-state index contributed by atoms with van der Waals surface area (Å²) in [6, 6.07) is 2.28. The second-order valence-electron chi connectivity index (χ2n) is 7.14. The molecule has 4 heterocycles. The number of aromatic nitrogens is 5. The summed E-state index contributed by atoms with van der Waals surface area (Å²) in [4.78, 5) is 10.8. The van der Waals surface area contributed by atoms with Crippen LogP contribution >= 0.6 is 0 Å². The fourth-order valence-electron chi connectivity index (χ4n) is 3.84. The van der Waals surface area contributed by atoms with Crippen molar-refractivity contribution in [1.82, 2.24) is 29.6 Å². The maximum Gasteiger partial charge on any atom is 0.218 e. The zero-order chi connectivity index (χ0) is 17.8. The number of fused-ring (bicyclic) bond motifs is 1. The van der Waals surface area contributed by atoms with Gasteiger partial charge in [-0.2, -0.15) is 0 Å². The van der Waals surface area contributed by atoms with Gasteiger partial charge in [-0.15, -0.1) is 10.2 Å². The van der Waals surface area contributed by atoms with Gasteiger partial charge >= 0.3 is 0 Å². The normalized spacial score (nSPS) is 19.0. The Balaban J connectivity index is 1.30. The number of aryl methyl sites for hydroxylation is 1. The summed E-state index contributed by atoms with van der Waals surface area (Å²) in [7, 11) is 1.62. The van der Waals surface area contributed by atoms with Crippen molar-refractivity contribution in [3.63, 3.8) is 0 Å². The molecular formula is C18H27N7O. The van der Waals surface area contributed by atoms with E-state index in [1.165, 1.54) is 31.4 Å². The topological polar surface area (TPSA) is 81.0 Å². The third-order valence-corrected chi connectivity index (χ3v) is 5.34. The Bertz CT molecular complexity index is 724. The van der Waals surface area contributed by atoms with Gasteiger partial charge in [0.05, 0.1) is 13.7 Å². The van der Waals surface area contributed by atoms with Crippen molar-refractivity contribution in [2.45, 2.75) is 57.7 Å². The minimum absolute atomic E-state index is 0.432. The fourth-order valence-corrected chi connectivity index (χ4v) is 3.84. The van der Waals surface area contributed by atoms with Gasteiger partial charge in [0.2, 0.25) is 5.88 Å². The van der Waals surface area contributed by atoms with Gasteiger partial charge in [-0.1, -0.05) is 6.42 Å². The van der Waals surface area contributed by atoms with Gasteiger partial charge < -0.3 is 14.6 Å². The molecule has 1 N–H and O–H groups in total. The molecule has 1 fully saturated rings. The standard InChI is InChI=1S/C18H27N7O/c1-26-18-11-15(19-13-20-18)21-14-6-9-24(10-7-14)12-17-23-22-16-5-3-2-4-8-25(16)17/h11,13-14H,2-10,12H2,1H3,(H,19,20,21). The molecule has 2 aromatic heterocycles. The summed E-state index contributed by atoms with van der Waals surface area (Å²) in [6.07, 6.45) is 8.57. The van der Waals surface area contributed by atoms with E-state index in [0.717, 1.165) is 57.1 Å². The zero-order valence-electron chi connectivity index (χ0n) is 15.4. The predicted octanol–water partition coefficient (Wildman–Crippen LogP) is 1.88. The molecule has 0 aromatic carbocycles. The van der Waals surface area contributed by atoms with Crippen molar-refractivity contribution in [2.75, 3.05) is 25.5 Å². The number of anilines is 1. The second kappa shape index (κ2) is 7.99. The van der Waals surface area contributed by atoms with Gasteiger partial charge in [0.25, 0.3) is 0 Å². The number of hydrogen-bond acceptors (Lipinski definition) is 7. The molecule has 2 aliphatic rings. The monoisotopic (exact) mass is 357 g/mol. The van der Waals surface area contributed by atoms with Crippen molar-refractivity contribution in [3.8, 4) is 5.88 Å². The lowest BCUT2D eigenvalue weighted by Crippen LogP contribution is -2.39. The van der Waals surface area contributed by atoms with Crippen LogP contribution in [-0.2, 0) is 19.5 Å². The molecule has 2 aromatic rings. The molecule has 0 bridgehead atoms. The highest BCUT2D eigenvalue weighted by atomic mass is 16.5. The molecular weight excluding hydrogens is 330 g/mol. The maximum absolute atomic E-state index is 5.16. The third-order valence-electron chi connectivity index (χ3n) is 5.34. The molecule has 8 nitrogen and oxygen atoms in total. The first-order valence-electron chi connectivity index (χ1n) is 9.57. The third kappa shape index (κ3) is 3.95. The number of hydrogen-bond donors (Lipinski definition) is 1. The highest BCUT2D eigenvalue weighted by Crippen LogP contribution is 2.20. The number of piperidine rings is 1. The first-order valence-corrected chi connectivity index (χ1v) is 9.57. The molecule has 0 unspecified atom stereocenters. The summed E-state index contributed by atoms with van der Waals surface area (Å²) in [5.41, 5.74) is 0. The molecule has 0 spiro atoms. The molecule has 0 atom stereocenters.